The third-order valence-corrected chi connectivity index (χ3v) is 6.03. The van der Waals surface area contributed by atoms with Crippen LogP contribution in [0.1, 0.15) is 23.7 Å². The highest BCUT2D eigenvalue weighted by Crippen LogP contribution is 2.34. The van der Waals surface area contributed by atoms with Crippen LogP contribution in [0.2, 0.25) is 0 Å². The number of aryl methyl sites for hydroxylation is 1. The number of carbonyl (C=O) groups is 1. The average molecular weight is 387 g/mol. The van der Waals surface area contributed by atoms with Gasteiger partial charge in [0.15, 0.2) is 5.13 Å². The van der Waals surface area contributed by atoms with Crippen molar-refractivity contribution in [1.82, 2.24) is 4.98 Å². The number of hydrogen-bond acceptors (Lipinski definition) is 4. The first-order valence-corrected chi connectivity index (χ1v) is 10.0. The van der Waals surface area contributed by atoms with Crippen LogP contribution in [0.3, 0.4) is 0 Å². The summed E-state index contributed by atoms with van der Waals surface area (Å²) in [6.45, 7) is 5.57. The zero-order valence-corrected chi connectivity index (χ0v) is 16.5. The number of carbonyl (C=O) groups excluding carboxylic acids is 1. The van der Waals surface area contributed by atoms with Crippen LogP contribution in [-0.2, 0) is 10.5 Å². The largest absolute Gasteiger partial charge is 0.274 e. The Morgan fingerprint density at radius 3 is 2.69 bits per heavy atom. The van der Waals surface area contributed by atoms with E-state index in [2.05, 4.69) is 4.98 Å². The molecular weight excluding hydrogens is 367 g/mol. The Balaban J connectivity index is 1.83. The van der Waals surface area contributed by atoms with Crippen molar-refractivity contribution in [1.29, 1.82) is 0 Å². The molecule has 0 radical (unpaired) electrons. The number of halogens is 1. The summed E-state index contributed by atoms with van der Waals surface area (Å²) in [5.41, 5.74) is 3.86. The predicted molar refractivity (Wildman–Crippen MR) is 107 cm³/mol. The summed E-state index contributed by atoms with van der Waals surface area (Å²) in [6.07, 6.45) is 0. The van der Waals surface area contributed by atoms with Crippen LogP contribution in [0.4, 0.5) is 15.2 Å². The van der Waals surface area contributed by atoms with Crippen LogP contribution < -0.4 is 4.90 Å². The molecule has 2 aromatic carbocycles. The summed E-state index contributed by atoms with van der Waals surface area (Å²) in [6, 6.07) is 12.6. The van der Waals surface area contributed by atoms with Gasteiger partial charge in [0.2, 0.25) is 5.91 Å². The lowest BCUT2D eigenvalue weighted by molar-refractivity contribution is -0.115. The van der Waals surface area contributed by atoms with Crippen molar-refractivity contribution in [2.24, 2.45) is 0 Å². The van der Waals surface area contributed by atoms with E-state index in [0.29, 0.717) is 15.8 Å². The molecule has 134 valence electrons. The van der Waals surface area contributed by atoms with Crippen molar-refractivity contribution in [3.05, 3.63) is 70.5 Å². The van der Waals surface area contributed by atoms with Gasteiger partial charge in [0, 0.05) is 23.0 Å². The highest BCUT2D eigenvalue weighted by atomic mass is 32.2. The summed E-state index contributed by atoms with van der Waals surface area (Å²) in [5.74, 6) is 0.241. The molecule has 1 amide bonds. The van der Waals surface area contributed by atoms with E-state index in [4.69, 9.17) is 0 Å². The first-order chi connectivity index (χ1) is 12.5. The van der Waals surface area contributed by atoms with Gasteiger partial charge in [-0.1, -0.05) is 24.3 Å². The number of hydrogen-bond donors (Lipinski definition) is 0. The Bertz CT molecular complexity index is 939. The van der Waals surface area contributed by atoms with Gasteiger partial charge < -0.3 is 0 Å². The lowest BCUT2D eigenvalue weighted by atomic mass is 10.1. The molecule has 0 bridgehead atoms. The smallest absolute Gasteiger partial charge is 0.230 e. The van der Waals surface area contributed by atoms with Gasteiger partial charge in [-0.25, -0.2) is 9.37 Å². The van der Waals surface area contributed by atoms with Gasteiger partial charge in [0.1, 0.15) is 5.82 Å². The summed E-state index contributed by atoms with van der Waals surface area (Å²) in [4.78, 5) is 19.1. The van der Waals surface area contributed by atoms with Crippen molar-refractivity contribution in [3.8, 4) is 0 Å². The summed E-state index contributed by atoms with van der Waals surface area (Å²) < 4.78 is 13.7. The lowest BCUT2D eigenvalue weighted by Gasteiger charge is -2.21. The molecule has 0 fully saturated rings. The maximum atomic E-state index is 13.7. The number of thiazole rings is 1. The summed E-state index contributed by atoms with van der Waals surface area (Å²) in [5, 5.41) is 2.56. The molecule has 0 unspecified atom stereocenters. The SMILES string of the molecule is CC(=O)N(c1nc(CSc2ccccc2F)cs1)c1cccc(C)c1C. The fraction of sp³-hybridized carbons (Fsp3) is 0.200. The van der Waals surface area contributed by atoms with Gasteiger partial charge in [-0.3, -0.25) is 9.69 Å². The van der Waals surface area contributed by atoms with Crippen molar-refractivity contribution < 1.29 is 9.18 Å². The second kappa shape index (κ2) is 8.01. The zero-order chi connectivity index (χ0) is 18.7. The lowest BCUT2D eigenvalue weighted by Crippen LogP contribution is -2.23. The van der Waals surface area contributed by atoms with Gasteiger partial charge in [0.05, 0.1) is 11.4 Å². The monoisotopic (exact) mass is 386 g/mol. The minimum absolute atomic E-state index is 0.0821. The number of rotatable bonds is 5. The van der Waals surface area contributed by atoms with Crippen LogP contribution in [0, 0.1) is 19.7 Å². The molecule has 1 heterocycles. The average Bonchev–Trinajstić information content (AvgIpc) is 3.06. The van der Waals surface area contributed by atoms with Crippen molar-refractivity contribution in [2.75, 3.05) is 4.90 Å². The Labute approximate surface area is 160 Å². The molecule has 0 spiro atoms. The van der Waals surface area contributed by atoms with E-state index in [1.807, 2.05) is 43.5 Å². The first kappa shape index (κ1) is 18.6. The summed E-state index contributed by atoms with van der Waals surface area (Å²) >= 11 is 2.82. The number of thioether (sulfide) groups is 1. The highest BCUT2D eigenvalue weighted by Gasteiger charge is 2.20. The first-order valence-electron chi connectivity index (χ1n) is 8.16. The van der Waals surface area contributed by atoms with Crippen LogP contribution in [0.15, 0.2) is 52.7 Å². The fourth-order valence-corrected chi connectivity index (χ4v) is 4.38. The molecular formula is C20H19FN2OS2. The molecule has 0 aliphatic carbocycles. The maximum absolute atomic E-state index is 13.7. The van der Waals surface area contributed by atoms with Crippen LogP contribution in [-0.4, -0.2) is 10.9 Å². The third-order valence-electron chi connectivity index (χ3n) is 4.07. The molecule has 3 rings (SSSR count). The maximum Gasteiger partial charge on any atom is 0.230 e. The second-order valence-electron chi connectivity index (χ2n) is 5.91. The molecule has 3 aromatic rings. The Kier molecular flexibility index (Phi) is 5.74. The number of aromatic nitrogens is 1. The van der Waals surface area contributed by atoms with Crippen LogP contribution in [0.25, 0.3) is 0 Å². The van der Waals surface area contributed by atoms with Gasteiger partial charge in [-0.15, -0.1) is 23.1 Å². The topological polar surface area (TPSA) is 33.2 Å². The minimum atomic E-state index is -0.228. The van der Waals surface area contributed by atoms with Gasteiger partial charge in [-0.05, 0) is 43.2 Å². The second-order valence-corrected chi connectivity index (χ2v) is 7.77. The molecule has 26 heavy (non-hydrogen) atoms. The molecule has 0 atom stereocenters. The molecule has 1 aromatic heterocycles. The molecule has 0 N–H and O–H groups in total. The standard InChI is InChI=1S/C20H19FN2OS2/c1-13-7-6-9-18(14(13)2)23(15(3)24)20-22-16(12-26-20)11-25-19-10-5-4-8-17(19)21/h4-10,12H,11H2,1-3H3. The molecule has 0 aliphatic heterocycles. The number of amides is 1. The van der Waals surface area contributed by atoms with Crippen LogP contribution >= 0.6 is 23.1 Å². The quantitative estimate of drug-likeness (QED) is 0.514. The normalized spacial score (nSPS) is 10.8. The Morgan fingerprint density at radius 2 is 1.96 bits per heavy atom. The number of anilines is 2. The number of benzene rings is 2. The van der Waals surface area contributed by atoms with E-state index in [1.54, 1.807) is 17.0 Å². The third kappa shape index (κ3) is 3.97. The predicted octanol–water partition coefficient (Wildman–Crippen LogP) is 5.88. The van der Waals surface area contributed by atoms with Crippen molar-refractivity contribution in [3.63, 3.8) is 0 Å². The van der Waals surface area contributed by atoms with Gasteiger partial charge in [-0.2, -0.15) is 0 Å². The van der Waals surface area contributed by atoms with E-state index in [9.17, 15) is 9.18 Å². The van der Waals surface area contributed by atoms with E-state index in [1.165, 1.54) is 36.1 Å². The molecule has 0 saturated carbocycles. The van der Waals surface area contributed by atoms with Crippen LogP contribution in [0.5, 0.6) is 0 Å². The molecule has 0 aliphatic rings. The zero-order valence-electron chi connectivity index (χ0n) is 14.8. The molecule has 0 saturated heterocycles. The van der Waals surface area contributed by atoms with E-state index in [-0.39, 0.29) is 11.7 Å². The molecule has 3 nitrogen and oxygen atoms in total. The van der Waals surface area contributed by atoms with Crippen molar-refractivity contribution in [2.45, 2.75) is 31.4 Å². The fourth-order valence-electron chi connectivity index (χ4n) is 2.56. The van der Waals surface area contributed by atoms with E-state index >= 15 is 0 Å². The van der Waals surface area contributed by atoms with Gasteiger partial charge >= 0.3 is 0 Å². The Morgan fingerprint density at radius 1 is 1.19 bits per heavy atom. The Hall–Kier alpha value is -2.18. The molecule has 6 heteroatoms. The minimum Gasteiger partial charge on any atom is -0.274 e. The van der Waals surface area contributed by atoms with E-state index < -0.39 is 0 Å². The van der Waals surface area contributed by atoms with E-state index in [0.717, 1.165) is 22.5 Å². The highest BCUT2D eigenvalue weighted by molar-refractivity contribution is 7.98. The number of nitrogens with zero attached hydrogens (tertiary/aromatic N) is 2. The van der Waals surface area contributed by atoms with Crippen molar-refractivity contribution >= 4 is 39.8 Å². The van der Waals surface area contributed by atoms with Gasteiger partial charge in [0.25, 0.3) is 0 Å². The summed E-state index contributed by atoms with van der Waals surface area (Å²) in [7, 11) is 0.